The molecular weight excluding hydrogens is 235 g/mol. The third-order valence-electron chi connectivity index (χ3n) is 3.21. The van der Waals surface area contributed by atoms with Crippen molar-refractivity contribution in [2.75, 3.05) is 26.4 Å². The highest BCUT2D eigenvalue weighted by atomic mass is 31.2. The number of urea groups is 1. The van der Waals surface area contributed by atoms with Gasteiger partial charge in [-0.25, -0.2) is 4.79 Å². The van der Waals surface area contributed by atoms with E-state index < -0.39 is 7.41 Å². The van der Waals surface area contributed by atoms with E-state index in [1.807, 2.05) is 18.0 Å². The lowest BCUT2D eigenvalue weighted by molar-refractivity contribution is 0.192. The molecule has 99 valence electrons. The number of carbonyl (C=O) groups excluding carboxylic acids is 2. The molecule has 0 aromatic carbocycles. The minimum atomic E-state index is -1.91. The summed E-state index contributed by atoms with van der Waals surface area (Å²) in [6, 6.07) is -0.0600. The van der Waals surface area contributed by atoms with Crippen LogP contribution < -0.4 is 0 Å². The van der Waals surface area contributed by atoms with Gasteiger partial charge in [-0.3, -0.25) is 9.69 Å². The Labute approximate surface area is 105 Å². The zero-order valence-electron chi connectivity index (χ0n) is 11.4. The largest absolute Gasteiger partial charge is 0.330 e. The molecule has 0 aromatic rings. The van der Waals surface area contributed by atoms with Crippen molar-refractivity contribution in [3.8, 4) is 0 Å². The molecule has 0 aliphatic carbocycles. The molecule has 1 aliphatic heterocycles. The van der Waals surface area contributed by atoms with Gasteiger partial charge in [0.05, 0.1) is 0 Å². The minimum absolute atomic E-state index is 0.0600. The van der Waals surface area contributed by atoms with Gasteiger partial charge in [-0.05, 0) is 26.2 Å². The molecule has 1 heterocycles. The number of imide groups is 1. The van der Waals surface area contributed by atoms with Gasteiger partial charge in [0.25, 0.3) is 5.65 Å². The standard InChI is InChI=1S/C12H24N2O2P/c1-5-7-9-13-11(15)14(10-8-6-2)17(3,4)12(13)16/h5-10H2,1-4H3. The van der Waals surface area contributed by atoms with E-state index in [-0.39, 0.29) is 11.7 Å². The van der Waals surface area contributed by atoms with Crippen molar-refractivity contribution in [2.45, 2.75) is 39.5 Å². The van der Waals surface area contributed by atoms with E-state index >= 15 is 0 Å². The van der Waals surface area contributed by atoms with Gasteiger partial charge in [0.1, 0.15) is 0 Å². The van der Waals surface area contributed by atoms with Gasteiger partial charge in [-0.1, -0.05) is 26.7 Å². The highest BCUT2D eigenvalue weighted by Gasteiger charge is 2.48. The van der Waals surface area contributed by atoms with Gasteiger partial charge in [0.15, 0.2) is 0 Å². The maximum atomic E-state index is 12.2. The van der Waals surface area contributed by atoms with Crippen molar-refractivity contribution in [2.24, 2.45) is 0 Å². The van der Waals surface area contributed by atoms with Crippen LogP contribution in [0.4, 0.5) is 9.59 Å². The highest BCUT2D eigenvalue weighted by molar-refractivity contribution is 7.88. The molecule has 1 fully saturated rings. The van der Waals surface area contributed by atoms with E-state index in [1.54, 1.807) is 0 Å². The first kappa shape index (κ1) is 14.4. The minimum Gasteiger partial charge on any atom is -0.300 e. The van der Waals surface area contributed by atoms with Crippen LogP contribution in [-0.4, -0.2) is 47.7 Å². The lowest BCUT2D eigenvalue weighted by atomic mass is 10.3. The number of carbonyl (C=O) groups is 2. The Morgan fingerprint density at radius 2 is 1.53 bits per heavy atom. The summed E-state index contributed by atoms with van der Waals surface area (Å²) in [5.74, 6) is 0. The van der Waals surface area contributed by atoms with Crippen molar-refractivity contribution in [3.05, 3.63) is 0 Å². The van der Waals surface area contributed by atoms with E-state index in [2.05, 4.69) is 13.8 Å². The molecule has 1 saturated heterocycles. The summed E-state index contributed by atoms with van der Waals surface area (Å²) in [7, 11) is -1.91. The summed E-state index contributed by atoms with van der Waals surface area (Å²) < 4.78 is 1.83. The number of rotatable bonds is 6. The molecule has 17 heavy (non-hydrogen) atoms. The molecule has 0 bridgehead atoms. The third kappa shape index (κ3) is 2.79. The number of hydrogen-bond donors (Lipinski definition) is 0. The molecule has 0 spiro atoms. The topological polar surface area (TPSA) is 40.6 Å². The fourth-order valence-corrected chi connectivity index (χ4v) is 4.15. The maximum absolute atomic E-state index is 12.2. The Morgan fingerprint density at radius 1 is 1.00 bits per heavy atom. The predicted octanol–water partition coefficient (Wildman–Crippen LogP) is 3.64. The SMILES string of the molecule is CCCCN1C(=O)N(CCCC)[P](C)(C)C1=O. The first-order valence-electron chi connectivity index (χ1n) is 6.44. The van der Waals surface area contributed by atoms with Gasteiger partial charge in [-0.2, -0.15) is 0 Å². The van der Waals surface area contributed by atoms with Crippen LogP contribution in [0, 0.1) is 0 Å². The van der Waals surface area contributed by atoms with Crippen LogP contribution in [0.5, 0.6) is 0 Å². The van der Waals surface area contributed by atoms with Crippen molar-refractivity contribution >= 4 is 19.1 Å². The van der Waals surface area contributed by atoms with Crippen LogP contribution in [0.2, 0.25) is 0 Å². The van der Waals surface area contributed by atoms with Crippen LogP contribution in [-0.2, 0) is 0 Å². The molecular formula is C12H24N2O2P. The zero-order chi connectivity index (χ0) is 13.1. The predicted molar refractivity (Wildman–Crippen MR) is 72.8 cm³/mol. The number of unbranched alkanes of at least 4 members (excludes halogenated alkanes) is 2. The van der Waals surface area contributed by atoms with Crippen LogP contribution in [0.25, 0.3) is 0 Å². The molecule has 0 saturated carbocycles. The van der Waals surface area contributed by atoms with Crippen LogP contribution >= 0.6 is 7.41 Å². The quantitative estimate of drug-likeness (QED) is 0.683. The molecule has 0 N–H and O–H groups in total. The fourth-order valence-electron chi connectivity index (χ4n) is 1.99. The Morgan fingerprint density at radius 3 is 2.06 bits per heavy atom. The lowest BCUT2D eigenvalue weighted by Gasteiger charge is -2.29. The fraction of sp³-hybridized carbons (Fsp3) is 0.833. The smallest absolute Gasteiger partial charge is 0.300 e. The summed E-state index contributed by atoms with van der Waals surface area (Å²) >= 11 is 0. The maximum Gasteiger partial charge on any atom is 0.330 e. The molecule has 0 aromatic heterocycles. The van der Waals surface area contributed by atoms with Crippen LogP contribution in [0.3, 0.4) is 0 Å². The summed E-state index contributed by atoms with van der Waals surface area (Å²) in [6.07, 6.45) is 3.93. The molecule has 0 unspecified atom stereocenters. The van der Waals surface area contributed by atoms with Crippen molar-refractivity contribution in [1.29, 1.82) is 0 Å². The summed E-state index contributed by atoms with van der Waals surface area (Å²) in [5, 5.41) is 0. The average Bonchev–Trinajstić information content (AvgIpc) is 2.43. The second-order valence-electron chi connectivity index (χ2n) is 4.94. The average molecular weight is 259 g/mol. The second-order valence-corrected chi connectivity index (χ2v) is 8.60. The normalized spacial score (nSPS) is 19.3. The second kappa shape index (κ2) is 5.81. The third-order valence-corrected chi connectivity index (χ3v) is 5.97. The van der Waals surface area contributed by atoms with E-state index in [9.17, 15) is 9.59 Å². The highest BCUT2D eigenvalue weighted by Crippen LogP contribution is 2.61. The van der Waals surface area contributed by atoms with Crippen molar-refractivity contribution in [1.82, 2.24) is 9.57 Å². The number of nitrogens with zero attached hydrogens (tertiary/aromatic N) is 2. The first-order valence-corrected chi connectivity index (χ1v) is 9.08. The van der Waals surface area contributed by atoms with Gasteiger partial charge >= 0.3 is 6.03 Å². The van der Waals surface area contributed by atoms with E-state index in [4.69, 9.17) is 0 Å². The lowest BCUT2D eigenvalue weighted by Crippen LogP contribution is -2.33. The Kier molecular flexibility index (Phi) is 4.93. The molecule has 1 radical (unpaired) electrons. The van der Waals surface area contributed by atoms with Gasteiger partial charge in [0, 0.05) is 20.5 Å². The first-order chi connectivity index (χ1) is 7.96. The van der Waals surface area contributed by atoms with Crippen molar-refractivity contribution < 1.29 is 9.59 Å². The Bertz CT molecular complexity index is 305. The number of hydrogen-bond acceptors (Lipinski definition) is 2. The van der Waals surface area contributed by atoms with Gasteiger partial charge < -0.3 is 4.67 Å². The van der Waals surface area contributed by atoms with Crippen LogP contribution in [0.15, 0.2) is 0 Å². The molecule has 1 aliphatic rings. The monoisotopic (exact) mass is 259 g/mol. The van der Waals surface area contributed by atoms with E-state index in [0.29, 0.717) is 6.54 Å². The van der Waals surface area contributed by atoms with E-state index in [1.165, 1.54) is 4.90 Å². The Balaban J connectivity index is 2.79. The van der Waals surface area contributed by atoms with Crippen LogP contribution in [0.1, 0.15) is 39.5 Å². The van der Waals surface area contributed by atoms with Gasteiger partial charge in [-0.15, -0.1) is 0 Å². The molecule has 0 atom stereocenters. The molecule has 3 amide bonds. The van der Waals surface area contributed by atoms with Crippen molar-refractivity contribution in [3.63, 3.8) is 0 Å². The van der Waals surface area contributed by atoms with Gasteiger partial charge in [0.2, 0.25) is 0 Å². The summed E-state index contributed by atoms with van der Waals surface area (Å²) in [5.41, 5.74) is 0.0621. The zero-order valence-corrected chi connectivity index (χ0v) is 12.3. The molecule has 5 heteroatoms. The summed E-state index contributed by atoms with van der Waals surface area (Å²) in [6.45, 7) is 9.39. The number of amides is 3. The summed E-state index contributed by atoms with van der Waals surface area (Å²) in [4.78, 5) is 25.9. The molecule has 1 rings (SSSR count). The molecule has 4 nitrogen and oxygen atoms in total. The Hall–Kier alpha value is -0.630. The van der Waals surface area contributed by atoms with E-state index in [0.717, 1.165) is 32.2 Å².